The first-order chi connectivity index (χ1) is 17.5. The maximum absolute atomic E-state index is 6.15. The van der Waals surface area contributed by atoms with E-state index in [1.54, 1.807) is 0 Å². The van der Waals surface area contributed by atoms with E-state index in [0.717, 1.165) is 28.4 Å². The summed E-state index contributed by atoms with van der Waals surface area (Å²) in [7, 11) is 0. The lowest BCUT2D eigenvalue weighted by Gasteiger charge is -2.28. The number of aromatic nitrogens is 2. The quantitative estimate of drug-likeness (QED) is 0.289. The van der Waals surface area contributed by atoms with Crippen LogP contribution in [0.25, 0.3) is 0 Å². The van der Waals surface area contributed by atoms with Crippen molar-refractivity contribution in [2.75, 3.05) is 4.90 Å². The van der Waals surface area contributed by atoms with Gasteiger partial charge in [0.1, 0.15) is 11.5 Å². The Morgan fingerprint density at radius 1 is 0.944 bits per heavy atom. The summed E-state index contributed by atoms with van der Waals surface area (Å²) >= 11 is 5.93. The van der Waals surface area contributed by atoms with Gasteiger partial charge in [0.25, 0.3) is 0 Å². The largest absolute Gasteiger partial charge is 0.457 e. The fourth-order valence-corrected chi connectivity index (χ4v) is 5.76. The van der Waals surface area contributed by atoms with Crippen LogP contribution in [-0.2, 0) is 0 Å². The van der Waals surface area contributed by atoms with Crippen LogP contribution < -0.4 is 15.0 Å². The van der Waals surface area contributed by atoms with Gasteiger partial charge in [-0.15, -0.1) is 0 Å². The molecule has 0 bridgehead atoms. The molecule has 1 N–H and O–H groups in total. The minimum atomic E-state index is -0.0465. The second-order valence-electron chi connectivity index (χ2n) is 9.79. The lowest BCUT2D eigenvalue weighted by molar-refractivity contribution is 0.479. The molecule has 5 nitrogen and oxygen atoms in total. The molecule has 2 aromatic heterocycles. The summed E-state index contributed by atoms with van der Waals surface area (Å²) in [6.45, 7) is 6.51. The third-order valence-corrected chi connectivity index (χ3v) is 7.60. The van der Waals surface area contributed by atoms with Crippen molar-refractivity contribution in [1.29, 1.82) is 0 Å². The van der Waals surface area contributed by atoms with Crippen LogP contribution in [0.4, 0.5) is 5.69 Å². The van der Waals surface area contributed by atoms with Crippen LogP contribution in [-0.4, -0.2) is 14.7 Å². The van der Waals surface area contributed by atoms with Gasteiger partial charge in [-0.25, -0.2) is 0 Å². The van der Waals surface area contributed by atoms with Gasteiger partial charge >= 0.3 is 0 Å². The van der Waals surface area contributed by atoms with E-state index < -0.39 is 0 Å². The minimum Gasteiger partial charge on any atom is -0.457 e. The summed E-state index contributed by atoms with van der Waals surface area (Å²) < 4.78 is 8.65. The van der Waals surface area contributed by atoms with E-state index >= 15 is 0 Å². The van der Waals surface area contributed by atoms with Crippen molar-refractivity contribution in [3.05, 3.63) is 107 Å². The van der Waals surface area contributed by atoms with Crippen LogP contribution in [0.3, 0.4) is 0 Å². The number of hydrogen-bond donors (Lipinski definition) is 1. The van der Waals surface area contributed by atoms with Gasteiger partial charge in [0, 0.05) is 29.3 Å². The SMILES string of the molecule is Cc1ccccc1Oc1ccc(N2C(=S)N[C@H](c3ccccn3)[C@H]2c2cc(C)n(C3CC3)c2C)cc1. The van der Waals surface area contributed by atoms with Crippen LogP contribution in [0.2, 0.25) is 0 Å². The van der Waals surface area contributed by atoms with Crippen molar-refractivity contribution in [3.63, 3.8) is 0 Å². The summed E-state index contributed by atoms with van der Waals surface area (Å²) in [5, 5.41) is 4.29. The highest BCUT2D eigenvalue weighted by Crippen LogP contribution is 2.46. The number of anilines is 1. The molecule has 0 amide bonds. The molecule has 2 aliphatic rings. The fourth-order valence-electron chi connectivity index (χ4n) is 5.42. The highest BCUT2D eigenvalue weighted by molar-refractivity contribution is 7.80. The number of aryl methyl sites for hydroxylation is 2. The third-order valence-electron chi connectivity index (χ3n) is 7.29. The first-order valence-corrected chi connectivity index (χ1v) is 12.9. The van der Waals surface area contributed by atoms with Crippen molar-refractivity contribution < 1.29 is 4.74 Å². The molecule has 182 valence electrons. The van der Waals surface area contributed by atoms with E-state index in [1.807, 2.05) is 48.7 Å². The Morgan fingerprint density at radius 2 is 1.69 bits per heavy atom. The molecular weight excluding hydrogens is 464 g/mol. The molecule has 1 aliphatic heterocycles. The predicted molar refractivity (Wildman–Crippen MR) is 148 cm³/mol. The fraction of sp³-hybridized carbons (Fsp3) is 0.267. The Balaban J connectivity index is 1.38. The van der Waals surface area contributed by atoms with E-state index in [1.165, 1.54) is 29.8 Å². The number of rotatable bonds is 6. The van der Waals surface area contributed by atoms with Crippen LogP contribution in [0, 0.1) is 20.8 Å². The van der Waals surface area contributed by atoms with E-state index in [2.05, 4.69) is 65.9 Å². The average Bonchev–Trinajstić information content (AvgIpc) is 3.60. The number of nitrogens with one attached hydrogen (secondary N) is 1. The summed E-state index contributed by atoms with van der Waals surface area (Å²) in [5.41, 5.74) is 7.05. The Bertz CT molecular complexity index is 1410. The standard InChI is InChI=1S/C30H30N4OS/c1-19-8-4-5-10-27(19)35-24-15-13-23(14-16-24)34-29(25-18-20(2)33(21(25)3)22-11-12-22)28(32-30(34)36)26-9-6-7-17-31-26/h4-10,13-18,22,28-29H,11-12H2,1-3H3,(H,32,36)/t28-,29-/m1/s1. The summed E-state index contributed by atoms with van der Waals surface area (Å²) in [6, 6.07) is 25.3. The molecule has 4 aromatic rings. The van der Waals surface area contributed by atoms with Crippen LogP contribution in [0.1, 0.15) is 59.2 Å². The summed E-state index contributed by atoms with van der Waals surface area (Å²) in [4.78, 5) is 6.94. The normalized spacial score (nSPS) is 19.4. The molecule has 0 spiro atoms. The molecular formula is C30H30N4OS. The Hall–Kier alpha value is -3.64. The van der Waals surface area contributed by atoms with E-state index in [-0.39, 0.29) is 12.1 Å². The smallest absolute Gasteiger partial charge is 0.174 e. The van der Waals surface area contributed by atoms with Crippen molar-refractivity contribution in [1.82, 2.24) is 14.9 Å². The van der Waals surface area contributed by atoms with E-state index in [4.69, 9.17) is 21.9 Å². The molecule has 1 saturated heterocycles. The molecule has 2 aromatic carbocycles. The Morgan fingerprint density at radius 3 is 2.39 bits per heavy atom. The zero-order valence-electron chi connectivity index (χ0n) is 20.8. The lowest BCUT2D eigenvalue weighted by Crippen LogP contribution is -2.29. The second-order valence-corrected chi connectivity index (χ2v) is 10.2. The minimum absolute atomic E-state index is 0.00534. The number of benzene rings is 2. The van der Waals surface area contributed by atoms with Crippen LogP contribution in [0.15, 0.2) is 79.0 Å². The average molecular weight is 495 g/mol. The van der Waals surface area contributed by atoms with Crippen LogP contribution >= 0.6 is 12.2 Å². The first kappa shape index (κ1) is 22.8. The molecule has 1 saturated carbocycles. The van der Waals surface area contributed by atoms with Crippen LogP contribution in [0.5, 0.6) is 11.5 Å². The molecule has 2 atom stereocenters. The summed E-state index contributed by atoms with van der Waals surface area (Å²) in [5.74, 6) is 1.67. The summed E-state index contributed by atoms with van der Waals surface area (Å²) in [6.07, 6.45) is 4.37. The third kappa shape index (κ3) is 4.05. The topological polar surface area (TPSA) is 42.3 Å². The molecule has 36 heavy (non-hydrogen) atoms. The number of ether oxygens (including phenoxy) is 1. The van der Waals surface area contributed by atoms with E-state index in [0.29, 0.717) is 11.2 Å². The van der Waals surface area contributed by atoms with Gasteiger partial charge in [0.15, 0.2) is 5.11 Å². The maximum atomic E-state index is 6.15. The number of pyridine rings is 1. The number of nitrogens with zero attached hydrogens (tertiary/aromatic N) is 3. The van der Waals surface area contributed by atoms with E-state index in [9.17, 15) is 0 Å². The predicted octanol–water partition coefficient (Wildman–Crippen LogP) is 7.11. The van der Waals surface area contributed by atoms with Gasteiger partial charge in [0.05, 0.1) is 17.8 Å². The molecule has 0 radical (unpaired) electrons. The molecule has 0 unspecified atom stereocenters. The zero-order valence-corrected chi connectivity index (χ0v) is 21.6. The molecule has 3 heterocycles. The highest BCUT2D eigenvalue weighted by atomic mass is 32.1. The molecule has 1 aliphatic carbocycles. The van der Waals surface area contributed by atoms with Gasteiger partial charge in [-0.2, -0.15) is 0 Å². The number of thiocarbonyl (C=S) groups is 1. The van der Waals surface area contributed by atoms with Gasteiger partial charge in [-0.1, -0.05) is 24.3 Å². The van der Waals surface area contributed by atoms with Crippen molar-refractivity contribution in [3.8, 4) is 11.5 Å². The number of para-hydroxylation sites is 1. The monoisotopic (exact) mass is 494 g/mol. The van der Waals surface area contributed by atoms with Gasteiger partial charge in [-0.05, 0) is 105 Å². The van der Waals surface area contributed by atoms with Crippen molar-refractivity contribution >= 4 is 23.0 Å². The van der Waals surface area contributed by atoms with Crippen molar-refractivity contribution in [2.24, 2.45) is 0 Å². The zero-order chi connectivity index (χ0) is 24.8. The molecule has 6 heteroatoms. The van der Waals surface area contributed by atoms with Gasteiger partial charge in [-0.3, -0.25) is 4.98 Å². The van der Waals surface area contributed by atoms with Gasteiger partial charge < -0.3 is 19.5 Å². The molecule has 6 rings (SSSR count). The highest BCUT2D eigenvalue weighted by Gasteiger charge is 2.43. The lowest BCUT2D eigenvalue weighted by atomic mass is 9.96. The Labute approximate surface area is 217 Å². The number of hydrogen-bond acceptors (Lipinski definition) is 3. The Kier molecular flexibility index (Phi) is 5.76. The second kappa shape index (κ2) is 9.10. The molecule has 2 fully saturated rings. The first-order valence-electron chi connectivity index (χ1n) is 12.5. The van der Waals surface area contributed by atoms with Gasteiger partial charge in [0.2, 0.25) is 0 Å². The maximum Gasteiger partial charge on any atom is 0.174 e. The van der Waals surface area contributed by atoms with Crippen molar-refractivity contribution in [2.45, 2.75) is 51.7 Å².